The average molecular weight is 1320 g/mol. The molecule has 94 heavy (non-hydrogen) atoms. The summed E-state index contributed by atoms with van der Waals surface area (Å²) in [7, 11) is 0. The van der Waals surface area contributed by atoms with Crippen molar-refractivity contribution in [2.24, 2.45) is 0 Å². The molecule has 0 aliphatic carbocycles. The van der Waals surface area contributed by atoms with Crippen molar-refractivity contribution in [1.82, 2.24) is 5.32 Å². The van der Waals surface area contributed by atoms with E-state index in [-0.39, 0.29) is 18.5 Å². The summed E-state index contributed by atoms with van der Waals surface area (Å²) in [6, 6.07) is -0.833. The predicted molar refractivity (Wildman–Crippen MR) is 398 cm³/mol. The molecule has 0 aromatic rings. The molecule has 1 aliphatic rings. The number of aliphatic hydroxyl groups excluding tert-OH is 5. The molecule has 1 rings (SSSR count). The molecule has 11 heteroatoms. The molecule has 548 valence electrons. The minimum absolute atomic E-state index is 0.00641. The summed E-state index contributed by atoms with van der Waals surface area (Å²) in [6.07, 6.45) is 88.0. The average Bonchev–Trinajstić information content (AvgIpc) is 0.832. The fourth-order valence-corrected chi connectivity index (χ4v) is 12.4. The Morgan fingerprint density at radius 2 is 0.734 bits per heavy atom. The van der Waals surface area contributed by atoms with Gasteiger partial charge in [0.25, 0.3) is 0 Å². The van der Waals surface area contributed by atoms with E-state index in [1.807, 2.05) is 6.08 Å². The number of hydrogen-bond acceptors (Lipinski definition) is 10. The van der Waals surface area contributed by atoms with Crippen molar-refractivity contribution in [3.63, 3.8) is 0 Å². The molecule has 0 aromatic carbocycles. The molecular weight excluding hydrogens is 1170 g/mol. The van der Waals surface area contributed by atoms with E-state index in [2.05, 4.69) is 79.9 Å². The number of amides is 1. The first-order valence-corrected chi connectivity index (χ1v) is 40.2. The van der Waals surface area contributed by atoms with Crippen LogP contribution in [-0.2, 0) is 23.8 Å². The number of carbonyl (C=O) groups is 2. The minimum atomic E-state index is -1.58. The summed E-state index contributed by atoms with van der Waals surface area (Å²) in [4.78, 5) is 25.2. The molecule has 7 atom stereocenters. The fraction of sp³-hybridized carbons (Fsp3) is 0.831. The zero-order valence-electron chi connectivity index (χ0n) is 61.2. The van der Waals surface area contributed by atoms with Crippen LogP contribution in [0.5, 0.6) is 0 Å². The zero-order valence-corrected chi connectivity index (χ0v) is 61.2. The maximum absolute atomic E-state index is 13.1. The van der Waals surface area contributed by atoms with E-state index in [4.69, 9.17) is 14.2 Å². The first kappa shape index (κ1) is 89.1. The molecular formula is C83H151NO10. The Bertz CT molecular complexity index is 1790. The molecule has 6 N–H and O–H groups in total. The van der Waals surface area contributed by atoms with Crippen molar-refractivity contribution in [2.45, 2.75) is 423 Å². The second kappa shape index (κ2) is 71.4. The molecule has 1 fully saturated rings. The highest BCUT2D eigenvalue weighted by molar-refractivity contribution is 5.76. The van der Waals surface area contributed by atoms with E-state index in [0.29, 0.717) is 19.4 Å². The number of ether oxygens (including phenoxy) is 3. The molecule has 0 spiro atoms. The third-order valence-electron chi connectivity index (χ3n) is 18.7. The number of carbonyl (C=O) groups excluding carboxylic acids is 2. The standard InChI is InChI=1S/C83H151NO10/c1-3-5-7-9-11-13-15-17-43-47-51-55-59-63-67-71-79(88)92-72-68-64-60-56-52-48-45-42-40-38-36-34-32-30-28-26-24-22-20-18-19-21-23-25-27-29-31-33-35-37-39-41-44-46-50-54-58-62-66-70-78(87)84-75(74-93-83-82(91)81(90)80(89)77(73-85)94-83)76(86)69-65-61-57-53-49-16-14-12-10-8-6-4-2/h10,12,17-19,22,24,43,49,53,65,69,75-77,80-83,85-86,89-91H,3-9,11,13-16,20-21,23,25-42,44-48,50-52,54-64,66-68,70-74H2,1-2H3,(H,84,87)/b12-10+,19-18-,24-22-,43-17-,53-49+,69-65+. The summed E-state index contributed by atoms with van der Waals surface area (Å²) in [6.45, 7) is 4.30. The van der Waals surface area contributed by atoms with Crippen molar-refractivity contribution in [2.75, 3.05) is 19.8 Å². The van der Waals surface area contributed by atoms with E-state index in [1.165, 1.54) is 276 Å². The van der Waals surface area contributed by atoms with Gasteiger partial charge in [-0.15, -0.1) is 0 Å². The summed E-state index contributed by atoms with van der Waals surface area (Å²) < 4.78 is 16.7. The smallest absolute Gasteiger partial charge is 0.305 e. The van der Waals surface area contributed by atoms with Crippen LogP contribution in [0.3, 0.4) is 0 Å². The lowest BCUT2D eigenvalue weighted by atomic mass is 9.99. The number of nitrogens with one attached hydrogen (secondary N) is 1. The second-order valence-electron chi connectivity index (χ2n) is 27.7. The number of hydrogen-bond donors (Lipinski definition) is 6. The Morgan fingerprint density at radius 1 is 0.394 bits per heavy atom. The van der Waals surface area contributed by atoms with Gasteiger partial charge in [0.15, 0.2) is 6.29 Å². The SMILES string of the molecule is CCCC/C=C/CC/C=C/CC/C=C/C(O)C(COC1OC(CO)C(O)C(O)C1O)NC(=O)CCCCCCCCCCCCCCCCCCC/C=C\C/C=C\CCCCCCCCCCCCCCCCCOC(=O)CCCCCCC/C=C\CCCCCCCC. The van der Waals surface area contributed by atoms with E-state index >= 15 is 0 Å². The van der Waals surface area contributed by atoms with Gasteiger partial charge in [0.2, 0.25) is 5.91 Å². The van der Waals surface area contributed by atoms with E-state index in [0.717, 1.165) is 77.0 Å². The summed E-state index contributed by atoms with van der Waals surface area (Å²) in [5, 5.41) is 54.5. The van der Waals surface area contributed by atoms with E-state index in [1.54, 1.807) is 6.08 Å². The Balaban J connectivity index is 1.90. The largest absolute Gasteiger partial charge is 0.466 e. The van der Waals surface area contributed by atoms with E-state index in [9.17, 15) is 35.1 Å². The number of unbranched alkanes of at least 4 members (excludes halogenated alkanes) is 47. The van der Waals surface area contributed by atoms with Gasteiger partial charge in [0.1, 0.15) is 24.4 Å². The Hall–Kier alpha value is -2.90. The predicted octanol–water partition coefficient (Wildman–Crippen LogP) is 21.8. The van der Waals surface area contributed by atoms with Gasteiger partial charge in [-0.05, 0) is 109 Å². The first-order chi connectivity index (χ1) is 46.2. The minimum Gasteiger partial charge on any atom is -0.466 e. The number of allylic oxidation sites excluding steroid dienone is 11. The summed E-state index contributed by atoms with van der Waals surface area (Å²) >= 11 is 0. The summed E-state index contributed by atoms with van der Waals surface area (Å²) in [5.41, 5.74) is 0. The Kier molecular flexibility index (Phi) is 67.7. The molecule has 0 saturated carbocycles. The highest BCUT2D eigenvalue weighted by Gasteiger charge is 2.44. The summed E-state index contributed by atoms with van der Waals surface area (Å²) in [5.74, 6) is -0.187. The van der Waals surface area contributed by atoms with E-state index < -0.39 is 49.5 Å². The Labute approximate surface area is 579 Å². The molecule has 1 aliphatic heterocycles. The molecule has 7 unspecified atom stereocenters. The molecule has 1 heterocycles. The lowest BCUT2D eigenvalue weighted by Gasteiger charge is -2.40. The molecule has 0 aromatic heterocycles. The highest BCUT2D eigenvalue weighted by Crippen LogP contribution is 2.24. The molecule has 0 bridgehead atoms. The fourth-order valence-electron chi connectivity index (χ4n) is 12.4. The quantitative estimate of drug-likeness (QED) is 0.0195. The third kappa shape index (κ3) is 59.2. The lowest BCUT2D eigenvalue weighted by molar-refractivity contribution is -0.302. The van der Waals surface area contributed by atoms with Crippen molar-refractivity contribution < 1.29 is 49.3 Å². The van der Waals surface area contributed by atoms with Gasteiger partial charge in [-0.2, -0.15) is 0 Å². The molecule has 0 radical (unpaired) electrons. The van der Waals surface area contributed by atoms with Crippen molar-refractivity contribution >= 4 is 11.9 Å². The topological polar surface area (TPSA) is 175 Å². The van der Waals surface area contributed by atoms with Crippen LogP contribution in [0.1, 0.15) is 380 Å². The van der Waals surface area contributed by atoms with Gasteiger partial charge in [0, 0.05) is 12.8 Å². The molecule has 1 saturated heterocycles. The monoisotopic (exact) mass is 1320 g/mol. The number of aliphatic hydroxyl groups is 5. The van der Waals surface area contributed by atoms with Crippen LogP contribution in [-0.4, -0.2) is 100 Å². The van der Waals surface area contributed by atoms with Gasteiger partial charge in [0.05, 0.1) is 32.0 Å². The number of rotatable bonds is 71. The van der Waals surface area contributed by atoms with Crippen LogP contribution in [0.15, 0.2) is 72.9 Å². The van der Waals surface area contributed by atoms with Gasteiger partial charge >= 0.3 is 5.97 Å². The van der Waals surface area contributed by atoms with Crippen LogP contribution in [0.25, 0.3) is 0 Å². The highest BCUT2D eigenvalue weighted by atomic mass is 16.7. The van der Waals surface area contributed by atoms with Gasteiger partial charge in [-0.3, -0.25) is 9.59 Å². The van der Waals surface area contributed by atoms with Crippen molar-refractivity contribution in [1.29, 1.82) is 0 Å². The molecule has 1 amide bonds. The normalized spacial score (nSPS) is 17.8. The first-order valence-electron chi connectivity index (χ1n) is 40.2. The van der Waals surface area contributed by atoms with Crippen molar-refractivity contribution in [3.05, 3.63) is 72.9 Å². The van der Waals surface area contributed by atoms with Gasteiger partial charge in [-0.25, -0.2) is 0 Å². The van der Waals surface area contributed by atoms with Crippen LogP contribution in [0, 0.1) is 0 Å². The third-order valence-corrected chi connectivity index (χ3v) is 18.7. The van der Waals surface area contributed by atoms with Gasteiger partial charge in [-0.1, -0.05) is 331 Å². The van der Waals surface area contributed by atoms with Gasteiger partial charge < -0.3 is 45.1 Å². The zero-order chi connectivity index (χ0) is 67.9. The van der Waals surface area contributed by atoms with Crippen molar-refractivity contribution in [3.8, 4) is 0 Å². The maximum atomic E-state index is 13.1. The second-order valence-corrected chi connectivity index (χ2v) is 27.7. The maximum Gasteiger partial charge on any atom is 0.305 e. The van der Waals surface area contributed by atoms with Crippen LogP contribution >= 0.6 is 0 Å². The number of esters is 1. The Morgan fingerprint density at radius 3 is 1.15 bits per heavy atom. The molecule has 11 nitrogen and oxygen atoms in total. The van der Waals surface area contributed by atoms with Crippen LogP contribution < -0.4 is 5.32 Å². The lowest BCUT2D eigenvalue weighted by Crippen LogP contribution is -2.60. The van der Waals surface area contributed by atoms with Crippen LogP contribution in [0.2, 0.25) is 0 Å². The van der Waals surface area contributed by atoms with Crippen LogP contribution in [0.4, 0.5) is 0 Å².